The number of aromatic carboxylic acids is 1. The largest absolute Gasteiger partial charge is 0.547 e. The number of phenols is 2. The molecule has 0 bridgehead atoms. The number of carboxylic acids is 1. The van der Waals surface area contributed by atoms with Crippen LogP contribution in [0.3, 0.4) is 0 Å². The lowest BCUT2D eigenvalue weighted by Crippen LogP contribution is -2.61. The lowest BCUT2D eigenvalue weighted by atomic mass is 9.72. The molecule has 2 atom stereocenters. The summed E-state index contributed by atoms with van der Waals surface area (Å²) in [5.74, 6) is -13.2. The third kappa shape index (κ3) is 7.60. The molecule has 2 aromatic carbocycles. The van der Waals surface area contributed by atoms with E-state index < -0.39 is 113 Å². The summed E-state index contributed by atoms with van der Waals surface area (Å²) in [6.45, 7) is -1.16. The standard InChI is InChI=1S/C30H26BClF2N6O11/c32-21-15(10-17(34)23(42)24(21)43)22(26(44)37-18-9-14-1-2-16(33)20(29(47)48)25(14)51-31(18)50)38-30(49)40-8-7-39(27(45)28(40)46)12-19(41)36-11-13-3-5-35-6-4-13/h1-6,10,18,22,42-43,50H,7-9,11-12H2,(H,36,41)(H,37,44)(H,38,49)(H,47,48). The number of nitrogens with one attached hydrogen (secondary N) is 3. The SMILES string of the molecule is O=C(CN1CCN(C(=O)NC(C(=O)NC2Cc3ccc(F)c(C(=O)O)c3OB2O)c2cc(F)c(O)c(O)c2Cl)C(=O)C1=O)NCc1ccncc1. The number of hydrogen-bond donors (Lipinski definition) is 7. The molecule has 2 unspecified atom stereocenters. The number of pyridine rings is 1. The van der Waals surface area contributed by atoms with Gasteiger partial charge in [0.1, 0.15) is 29.7 Å². The summed E-state index contributed by atoms with van der Waals surface area (Å²) in [7, 11) is -1.98. The van der Waals surface area contributed by atoms with Crippen LogP contribution in [-0.4, -0.2) is 103 Å². The smallest absolute Gasteiger partial charge is 0.534 e. The Kier molecular flexibility index (Phi) is 10.6. The van der Waals surface area contributed by atoms with Gasteiger partial charge in [0.15, 0.2) is 17.3 Å². The number of nitrogens with zero attached hydrogens (tertiary/aromatic N) is 3. The minimum Gasteiger partial charge on any atom is -0.534 e. The van der Waals surface area contributed by atoms with Gasteiger partial charge in [-0.2, -0.15) is 0 Å². The van der Waals surface area contributed by atoms with Crippen LogP contribution < -0.4 is 20.6 Å². The highest BCUT2D eigenvalue weighted by molar-refractivity contribution is 6.47. The third-order valence-electron chi connectivity index (χ3n) is 7.92. The van der Waals surface area contributed by atoms with Gasteiger partial charge >= 0.3 is 30.9 Å². The molecule has 0 spiro atoms. The topological polar surface area (TPSA) is 248 Å². The molecule has 6 amide bonds. The predicted molar refractivity (Wildman–Crippen MR) is 168 cm³/mol. The van der Waals surface area contributed by atoms with Gasteiger partial charge in [0, 0.05) is 37.6 Å². The number of halogens is 3. The normalized spacial score (nSPS) is 16.2. The van der Waals surface area contributed by atoms with Gasteiger partial charge in [0.2, 0.25) is 11.8 Å². The number of rotatable bonds is 9. The van der Waals surface area contributed by atoms with Crippen LogP contribution in [0.2, 0.25) is 5.02 Å². The van der Waals surface area contributed by atoms with Crippen molar-refractivity contribution in [3.05, 3.63) is 81.6 Å². The fourth-order valence-corrected chi connectivity index (χ4v) is 5.55. The summed E-state index contributed by atoms with van der Waals surface area (Å²) in [6, 6.07) is 2.35. The lowest BCUT2D eigenvalue weighted by Gasteiger charge is -2.33. The maximum Gasteiger partial charge on any atom is 0.547 e. The van der Waals surface area contributed by atoms with E-state index in [0.717, 1.165) is 22.6 Å². The Labute approximate surface area is 290 Å². The van der Waals surface area contributed by atoms with Crippen LogP contribution in [0.25, 0.3) is 0 Å². The molecule has 21 heteroatoms. The minimum atomic E-state index is -2.08. The van der Waals surface area contributed by atoms with Gasteiger partial charge in [-0.15, -0.1) is 0 Å². The minimum absolute atomic E-state index is 0.0596. The number of carbonyl (C=O) groups is 6. The van der Waals surface area contributed by atoms with Gasteiger partial charge < -0.3 is 45.8 Å². The zero-order chi connectivity index (χ0) is 37.1. The monoisotopic (exact) mass is 730 g/mol. The summed E-state index contributed by atoms with van der Waals surface area (Å²) in [4.78, 5) is 82.1. The highest BCUT2D eigenvalue weighted by Gasteiger charge is 2.42. The van der Waals surface area contributed by atoms with E-state index in [0.29, 0.717) is 11.0 Å². The van der Waals surface area contributed by atoms with Crippen molar-refractivity contribution in [2.75, 3.05) is 19.6 Å². The van der Waals surface area contributed by atoms with Gasteiger partial charge in [0.05, 0.1) is 11.0 Å². The molecule has 1 aromatic heterocycles. The first kappa shape index (κ1) is 36.3. The average Bonchev–Trinajstić information content (AvgIpc) is 3.09. The fraction of sp³-hybridized carbons (Fsp3) is 0.233. The van der Waals surface area contributed by atoms with Gasteiger partial charge in [-0.1, -0.05) is 17.7 Å². The fourth-order valence-electron chi connectivity index (χ4n) is 5.29. The number of carboxylic acid groups (broad SMARTS) is 1. The number of hydrogen-bond acceptors (Lipinski definition) is 11. The van der Waals surface area contributed by atoms with Crippen molar-refractivity contribution in [2.24, 2.45) is 0 Å². The lowest BCUT2D eigenvalue weighted by molar-refractivity contribution is -0.154. The molecule has 5 rings (SSSR count). The summed E-state index contributed by atoms with van der Waals surface area (Å²) >= 11 is 6.11. The molecule has 1 fully saturated rings. The maximum absolute atomic E-state index is 14.6. The van der Waals surface area contributed by atoms with Gasteiger partial charge in [-0.3, -0.25) is 29.1 Å². The summed E-state index contributed by atoms with van der Waals surface area (Å²) in [5, 5.41) is 46.2. The number of amides is 6. The first-order valence-electron chi connectivity index (χ1n) is 14.8. The molecular weight excluding hydrogens is 705 g/mol. The molecular formula is C30H26BClF2N6O11. The molecule has 51 heavy (non-hydrogen) atoms. The van der Waals surface area contributed by atoms with Crippen molar-refractivity contribution >= 4 is 54.3 Å². The number of phenolic OH excluding ortho intramolecular Hbond substituents is 2. The first-order valence-corrected chi connectivity index (χ1v) is 15.2. The van der Waals surface area contributed by atoms with Crippen LogP contribution in [0, 0.1) is 11.6 Å². The number of piperazine rings is 1. The Balaban J connectivity index is 1.33. The number of aromatic hydroxyl groups is 2. The molecule has 2 aliphatic rings. The number of fused-ring (bicyclic) bond motifs is 1. The van der Waals surface area contributed by atoms with Crippen molar-refractivity contribution in [1.82, 2.24) is 30.7 Å². The second-order valence-corrected chi connectivity index (χ2v) is 11.6. The second kappa shape index (κ2) is 14.8. The molecule has 7 N–H and O–H groups in total. The van der Waals surface area contributed by atoms with E-state index in [2.05, 4.69) is 20.9 Å². The molecule has 2 aliphatic heterocycles. The molecule has 0 radical (unpaired) electrons. The van der Waals surface area contributed by atoms with E-state index in [1.54, 1.807) is 12.1 Å². The Morgan fingerprint density at radius 1 is 1.04 bits per heavy atom. The second-order valence-electron chi connectivity index (χ2n) is 11.2. The van der Waals surface area contributed by atoms with Crippen molar-refractivity contribution in [2.45, 2.75) is 24.9 Å². The van der Waals surface area contributed by atoms with Crippen LogP contribution in [0.15, 0.2) is 42.7 Å². The molecule has 0 saturated carbocycles. The molecule has 3 aromatic rings. The summed E-state index contributed by atoms with van der Waals surface area (Å²) in [5.41, 5.74) is -0.723. The van der Waals surface area contributed by atoms with E-state index in [1.165, 1.54) is 12.4 Å². The van der Waals surface area contributed by atoms with E-state index in [1.807, 2.05) is 0 Å². The van der Waals surface area contributed by atoms with Crippen LogP contribution in [0.4, 0.5) is 13.6 Å². The van der Waals surface area contributed by atoms with Gasteiger partial charge in [-0.25, -0.2) is 18.4 Å². The van der Waals surface area contributed by atoms with Crippen LogP contribution in [-0.2, 0) is 32.1 Å². The van der Waals surface area contributed by atoms with E-state index in [-0.39, 0.29) is 25.1 Å². The molecule has 1 saturated heterocycles. The van der Waals surface area contributed by atoms with Crippen LogP contribution in [0.5, 0.6) is 17.2 Å². The number of carbonyl (C=O) groups excluding carboxylic acids is 5. The number of urea groups is 1. The number of benzene rings is 2. The van der Waals surface area contributed by atoms with Gasteiger partial charge in [0.25, 0.3) is 0 Å². The van der Waals surface area contributed by atoms with Crippen molar-refractivity contribution in [3.8, 4) is 17.2 Å². The number of aromatic nitrogens is 1. The Morgan fingerprint density at radius 2 is 1.75 bits per heavy atom. The number of imide groups is 1. The average molecular weight is 731 g/mol. The highest BCUT2D eigenvalue weighted by Crippen LogP contribution is 2.40. The summed E-state index contributed by atoms with van der Waals surface area (Å²) in [6.07, 6.45) is 2.70. The Bertz CT molecular complexity index is 1940. The first-order chi connectivity index (χ1) is 24.2. The highest BCUT2D eigenvalue weighted by atomic mass is 35.5. The Morgan fingerprint density at radius 3 is 2.43 bits per heavy atom. The quantitative estimate of drug-likeness (QED) is 0.0874. The maximum atomic E-state index is 14.6. The van der Waals surface area contributed by atoms with Crippen LogP contribution >= 0.6 is 11.6 Å². The van der Waals surface area contributed by atoms with E-state index in [9.17, 15) is 57.9 Å². The van der Waals surface area contributed by atoms with Gasteiger partial charge in [-0.05, 0) is 41.8 Å². The van der Waals surface area contributed by atoms with Crippen molar-refractivity contribution in [1.29, 1.82) is 0 Å². The summed E-state index contributed by atoms with van der Waals surface area (Å²) < 4.78 is 34.0. The van der Waals surface area contributed by atoms with E-state index in [4.69, 9.17) is 16.3 Å². The van der Waals surface area contributed by atoms with Crippen molar-refractivity contribution in [3.63, 3.8) is 0 Å². The molecule has 3 heterocycles. The zero-order valence-corrected chi connectivity index (χ0v) is 26.7. The third-order valence-corrected chi connectivity index (χ3v) is 8.31. The van der Waals surface area contributed by atoms with Crippen LogP contribution in [0.1, 0.15) is 33.1 Å². The zero-order valence-electron chi connectivity index (χ0n) is 25.9. The molecule has 266 valence electrons. The molecule has 0 aliphatic carbocycles. The predicted octanol–water partition coefficient (Wildman–Crippen LogP) is 0.000100. The van der Waals surface area contributed by atoms with Crippen molar-refractivity contribution < 1.29 is 62.5 Å². The molecule has 17 nitrogen and oxygen atoms in total. The van der Waals surface area contributed by atoms with E-state index >= 15 is 0 Å². The Hall–Kier alpha value is -6.02.